The Labute approximate surface area is 369 Å². The zero-order valence-corrected chi connectivity index (χ0v) is 35.2. The lowest BCUT2D eigenvalue weighted by Gasteiger charge is -2.17. The highest BCUT2D eigenvalue weighted by atomic mass is 15.1. The summed E-state index contributed by atoms with van der Waals surface area (Å²) < 4.78 is 7.18. The molecule has 1 aliphatic rings. The quantitative estimate of drug-likeness (QED) is 0.168. The number of hydrogen-bond donors (Lipinski definition) is 0. The van der Waals surface area contributed by atoms with Crippen molar-refractivity contribution in [1.29, 1.82) is 0 Å². The van der Waals surface area contributed by atoms with E-state index in [2.05, 4.69) is 203 Å². The molecule has 64 heavy (non-hydrogen) atoms. The molecule has 1 aliphatic carbocycles. The molecular formula is C58H40N6. The van der Waals surface area contributed by atoms with Crippen LogP contribution in [-0.2, 0) is 6.42 Å². The first-order valence-corrected chi connectivity index (χ1v) is 22.0. The van der Waals surface area contributed by atoms with Gasteiger partial charge in [-0.05, 0) is 104 Å². The summed E-state index contributed by atoms with van der Waals surface area (Å²) in [5.74, 6) is 1.84. The van der Waals surface area contributed by atoms with Gasteiger partial charge in [0.05, 0.1) is 27.6 Å². The lowest BCUT2D eigenvalue weighted by atomic mass is 10.0. The van der Waals surface area contributed by atoms with E-state index in [4.69, 9.17) is 15.0 Å². The summed E-state index contributed by atoms with van der Waals surface area (Å²) in [5, 5.41) is 6.16. The molecule has 0 spiro atoms. The third kappa shape index (κ3) is 5.69. The predicted molar refractivity (Wildman–Crippen MR) is 264 cm³/mol. The molecule has 0 bridgehead atoms. The van der Waals surface area contributed by atoms with E-state index in [1.807, 2.05) is 18.2 Å². The maximum absolute atomic E-state index is 5.44. The standard InChI is InChI=1S/C58H40N6/c1-37-31-39(33-41(32-37)62-50-25-11-5-19-44(50)45-20-6-12-26-51(45)62)57-59-56(38-17-3-2-4-18-38)60-58(61-57)40-34-42(63-52-27-13-7-21-46(52)47-22-8-14-28-53(47)63)36-43(35-40)64-54-29-15-9-23-48(54)49-24-10-16-30-55(49)64/h2-9,11-23,25-36H,10,24H2,1H3. The van der Waals surface area contributed by atoms with Crippen molar-refractivity contribution >= 4 is 60.6 Å². The van der Waals surface area contributed by atoms with Crippen LogP contribution in [0.2, 0.25) is 0 Å². The van der Waals surface area contributed by atoms with Gasteiger partial charge in [0.15, 0.2) is 17.5 Å². The van der Waals surface area contributed by atoms with E-state index >= 15 is 0 Å². The Bertz CT molecular complexity index is 3760. The maximum Gasteiger partial charge on any atom is 0.164 e. The molecule has 6 heteroatoms. The number of allylic oxidation sites excluding steroid dienone is 1. The van der Waals surface area contributed by atoms with Crippen molar-refractivity contribution in [2.75, 3.05) is 0 Å². The molecule has 0 radical (unpaired) electrons. The van der Waals surface area contributed by atoms with Gasteiger partial charge in [-0.15, -0.1) is 0 Å². The second-order valence-electron chi connectivity index (χ2n) is 16.9. The van der Waals surface area contributed by atoms with Gasteiger partial charge in [-0.1, -0.05) is 127 Å². The SMILES string of the molecule is Cc1cc(-c2nc(-c3ccccc3)nc(-c3cc(-n4c5c(c6ccccc64)CCC=C5)cc(-n4c5ccccc5c5ccccc54)c3)n2)cc(-n2c3ccccc3c3ccccc32)c1. The van der Waals surface area contributed by atoms with Gasteiger partial charge in [-0.3, -0.25) is 0 Å². The molecule has 0 aliphatic heterocycles. The van der Waals surface area contributed by atoms with Crippen molar-refractivity contribution in [2.45, 2.75) is 19.8 Å². The van der Waals surface area contributed by atoms with Gasteiger partial charge in [0.2, 0.25) is 0 Å². The highest BCUT2D eigenvalue weighted by Gasteiger charge is 2.22. The first-order valence-electron chi connectivity index (χ1n) is 22.0. The topological polar surface area (TPSA) is 53.5 Å². The van der Waals surface area contributed by atoms with Crippen LogP contribution in [0.25, 0.3) is 112 Å². The molecule has 6 nitrogen and oxygen atoms in total. The van der Waals surface area contributed by atoms with Crippen LogP contribution in [0.3, 0.4) is 0 Å². The van der Waals surface area contributed by atoms with E-state index in [1.165, 1.54) is 43.7 Å². The van der Waals surface area contributed by atoms with Crippen LogP contribution in [0.1, 0.15) is 23.2 Å². The van der Waals surface area contributed by atoms with Gasteiger partial charge in [0.25, 0.3) is 0 Å². The third-order valence-electron chi connectivity index (χ3n) is 12.9. The number of benzene rings is 8. The van der Waals surface area contributed by atoms with Gasteiger partial charge in [0, 0.05) is 66.4 Å². The second kappa shape index (κ2) is 14.4. The van der Waals surface area contributed by atoms with Crippen LogP contribution in [0.15, 0.2) is 194 Å². The van der Waals surface area contributed by atoms with E-state index in [0.29, 0.717) is 17.5 Å². The molecule has 4 aromatic heterocycles. The molecule has 0 saturated heterocycles. The zero-order valence-electron chi connectivity index (χ0n) is 35.2. The van der Waals surface area contributed by atoms with Crippen LogP contribution in [0, 0.1) is 6.92 Å². The number of nitrogens with zero attached hydrogens (tertiary/aromatic N) is 6. The summed E-state index contributed by atoms with van der Waals surface area (Å²) in [6.45, 7) is 2.15. The lowest BCUT2D eigenvalue weighted by molar-refractivity contribution is 0.966. The Hall–Kier alpha value is -8.35. The van der Waals surface area contributed by atoms with Crippen LogP contribution in [0.4, 0.5) is 0 Å². The van der Waals surface area contributed by atoms with Gasteiger partial charge in [-0.2, -0.15) is 0 Å². The van der Waals surface area contributed by atoms with Gasteiger partial charge in [-0.25, -0.2) is 15.0 Å². The molecule has 13 rings (SSSR count). The molecule has 8 aromatic carbocycles. The smallest absolute Gasteiger partial charge is 0.164 e. The van der Waals surface area contributed by atoms with Gasteiger partial charge in [0.1, 0.15) is 0 Å². The summed E-state index contributed by atoms with van der Waals surface area (Å²) in [6, 6.07) is 67.3. The maximum atomic E-state index is 5.44. The number of para-hydroxylation sites is 5. The van der Waals surface area contributed by atoms with Gasteiger partial charge < -0.3 is 13.7 Å². The molecule has 302 valence electrons. The number of hydrogen-bond acceptors (Lipinski definition) is 3. The Morgan fingerprint density at radius 1 is 0.375 bits per heavy atom. The molecule has 12 aromatic rings. The minimum absolute atomic E-state index is 0.605. The Morgan fingerprint density at radius 2 is 0.781 bits per heavy atom. The molecule has 0 unspecified atom stereocenters. The van der Waals surface area contributed by atoms with E-state index in [0.717, 1.165) is 74.2 Å². The summed E-state index contributed by atoms with van der Waals surface area (Å²) in [5.41, 5.74) is 15.4. The van der Waals surface area contributed by atoms with Crippen LogP contribution in [-0.4, -0.2) is 28.7 Å². The van der Waals surface area contributed by atoms with E-state index in [1.54, 1.807) is 0 Å². The van der Waals surface area contributed by atoms with Crippen LogP contribution < -0.4 is 0 Å². The summed E-state index contributed by atoms with van der Waals surface area (Å²) >= 11 is 0. The second-order valence-corrected chi connectivity index (χ2v) is 16.9. The average molecular weight is 821 g/mol. The monoisotopic (exact) mass is 820 g/mol. The summed E-state index contributed by atoms with van der Waals surface area (Å²) in [6.07, 6.45) is 6.63. The van der Waals surface area contributed by atoms with Crippen molar-refractivity contribution in [2.24, 2.45) is 0 Å². The fraction of sp³-hybridized carbons (Fsp3) is 0.0517. The number of aromatic nitrogens is 6. The van der Waals surface area contributed by atoms with Crippen LogP contribution >= 0.6 is 0 Å². The third-order valence-corrected chi connectivity index (χ3v) is 12.9. The van der Waals surface area contributed by atoms with Crippen molar-refractivity contribution in [3.8, 4) is 51.2 Å². The largest absolute Gasteiger partial charge is 0.309 e. The molecule has 4 heterocycles. The normalized spacial score (nSPS) is 12.6. The lowest BCUT2D eigenvalue weighted by Crippen LogP contribution is -2.05. The van der Waals surface area contributed by atoms with Crippen molar-refractivity contribution < 1.29 is 0 Å². The zero-order chi connectivity index (χ0) is 42.3. The van der Waals surface area contributed by atoms with E-state index in [-0.39, 0.29) is 0 Å². The van der Waals surface area contributed by atoms with Crippen LogP contribution in [0.5, 0.6) is 0 Å². The van der Waals surface area contributed by atoms with Crippen molar-refractivity contribution in [1.82, 2.24) is 28.7 Å². The first kappa shape index (κ1) is 36.3. The molecule has 0 atom stereocenters. The number of fused-ring (bicyclic) bond motifs is 9. The highest BCUT2D eigenvalue weighted by molar-refractivity contribution is 6.10. The van der Waals surface area contributed by atoms with E-state index in [9.17, 15) is 0 Å². The predicted octanol–water partition coefficient (Wildman–Crippen LogP) is 14.3. The first-order chi connectivity index (χ1) is 31.6. The molecule has 0 N–H and O–H groups in total. The Kier molecular flexibility index (Phi) is 8.15. The minimum Gasteiger partial charge on any atom is -0.309 e. The summed E-state index contributed by atoms with van der Waals surface area (Å²) in [7, 11) is 0. The highest BCUT2D eigenvalue weighted by Crippen LogP contribution is 2.39. The fourth-order valence-corrected chi connectivity index (χ4v) is 10.2. The minimum atomic E-state index is 0.605. The summed E-state index contributed by atoms with van der Waals surface area (Å²) in [4.78, 5) is 16.0. The molecule has 0 fully saturated rings. The van der Waals surface area contributed by atoms with Gasteiger partial charge >= 0.3 is 0 Å². The van der Waals surface area contributed by atoms with Crippen molar-refractivity contribution in [3.05, 3.63) is 211 Å². The molecular weight excluding hydrogens is 781 g/mol. The van der Waals surface area contributed by atoms with E-state index < -0.39 is 0 Å². The Balaban J connectivity index is 1.08. The molecule has 0 amide bonds. The van der Waals surface area contributed by atoms with Crippen molar-refractivity contribution in [3.63, 3.8) is 0 Å². The molecule has 0 saturated carbocycles. The number of rotatable bonds is 6. The number of aryl methyl sites for hydroxylation is 2. The average Bonchev–Trinajstić information content (AvgIpc) is 4.00. The Morgan fingerprint density at radius 3 is 1.31 bits per heavy atom. The fourth-order valence-electron chi connectivity index (χ4n) is 10.2.